The first kappa shape index (κ1) is 40.9. The van der Waals surface area contributed by atoms with Gasteiger partial charge >= 0.3 is 18.1 Å². The number of benzene rings is 2. The van der Waals surface area contributed by atoms with E-state index in [2.05, 4.69) is 11.8 Å². The van der Waals surface area contributed by atoms with E-state index in [4.69, 9.17) is 31.8 Å². The number of hydrogen-bond donors (Lipinski definition) is 2. The van der Waals surface area contributed by atoms with Crippen molar-refractivity contribution in [2.45, 2.75) is 109 Å². The maximum absolute atomic E-state index is 13.0. The van der Waals surface area contributed by atoms with Gasteiger partial charge in [-0.2, -0.15) is 0 Å². The van der Waals surface area contributed by atoms with E-state index < -0.39 is 30.4 Å². The second-order valence-corrected chi connectivity index (χ2v) is 13.3. The van der Waals surface area contributed by atoms with Crippen molar-refractivity contribution in [3.63, 3.8) is 0 Å². The van der Waals surface area contributed by atoms with E-state index in [1.54, 1.807) is 0 Å². The number of carbonyl (C=O) groups is 3. The molecule has 1 unspecified atom stereocenters. The minimum atomic E-state index is -0.876. The highest BCUT2D eigenvalue weighted by Crippen LogP contribution is 2.39. The summed E-state index contributed by atoms with van der Waals surface area (Å²) in [6.07, 6.45) is 17.6. The highest BCUT2D eigenvalue weighted by molar-refractivity contribution is 5.89. The third-order valence-corrected chi connectivity index (χ3v) is 8.95. The molecule has 5 atom stereocenters. The fourth-order valence-corrected chi connectivity index (χ4v) is 6.29. The third-order valence-electron chi connectivity index (χ3n) is 8.95. The van der Waals surface area contributed by atoms with E-state index in [1.807, 2.05) is 56.3 Å². The summed E-state index contributed by atoms with van der Waals surface area (Å²) in [5.74, 6) is 4.08. The number of unbranched alkanes of at least 4 members (excludes halogenated alkanes) is 1. The molecule has 0 aromatic heterocycles. The molecule has 3 rings (SSSR count). The van der Waals surface area contributed by atoms with Gasteiger partial charge in [-0.1, -0.05) is 42.5 Å². The van der Waals surface area contributed by atoms with Crippen LogP contribution in [0.1, 0.15) is 94.0 Å². The summed E-state index contributed by atoms with van der Waals surface area (Å²) in [4.78, 5) is 37.2. The van der Waals surface area contributed by atoms with E-state index >= 15 is 0 Å². The average molecular weight is 701 g/mol. The molecule has 0 spiro atoms. The molecular weight excluding hydrogens is 648 g/mol. The van der Waals surface area contributed by atoms with Crippen molar-refractivity contribution in [3.05, 3.63) is 77.9 Å². The van der Waals surface area contributed by atoms with Gasteiger partial charge in [0.25, 0.3) is 0 Å². The van der Waals surface area contributed by atoms with Gasteiger partial charge in [-0.15, -0.1) is 24.7 Å². The highest BCUT2D eigenvalue weighted by atomic mass is 16.7. The lowest BCUT2D eigenvalue weighted by Crippen LogP contribution is -2.26. The smallest absolute Gasteiger partial charge is 0.463 e. The molecule has 0 bridgehead atoms. The number of esters is 2. The van der Waals surface area contributed by atoms with Crippen LogP contribution in [-0.4, -0.2) is 59.3 Å². The minimum Gasteiger partial charge on any atom is -0.463 e. The molecule has 9 nitrogen and oxygen atoms in total. The number of carbonyl (C=O) groups excluding carboxylic acids is 3. The zero-order chi connectivity index (χ0) is 37.0. The molecular formula is C42H52O9. The second-order valence-electron chi connectivity index (χ2n) is 13.3. The number of aliphatic hydroxyl groups is 2. The zero-order valence-corrected chi connectivity index (χ0v) is 29.8. The molecule has 1 saturated carbocycles. The predicted molar refractivity (Wildman–Crippen MR) is 194 cm³/mol. The van der Waals surface area contributed by atoms with Crippen LogP contribution in [0.4, 0.5) is 4.79 Å². The number of aryl methyl sites for hydroxylation is 1. The maximum Gasteiger partial charge on any atom is 0.514 e. The lowest BCUT2D eigenvalue weighted by Gasteiger charge is -2.25. The Morgan fingerprint density at radius 2 is 1.59 bits per heavy atom. The summed E-state index contributed by atoms with van der Waals surface area (Å²) in [5.41, 5.74) is 1.38. The highest BCUT2D eigenvalue weighted by Gasteiger charge is 2.41. The van der Waals surface area contributed by atoms with Crippen LogP contribution in [-0.2, 0) is 25.4 Å². The molecule has 51 heavy (non-hydrogen) atoms. The fraction of sp³-hybridized carbons (Fsp3) is 0.500. The summed E-state index contributed by atoms with van der Waals surface area (Å²) in [6, 6.07) is 15.9. The SMILES string of the molecule is C#CCC(CC#C)COC(=O)c1ccc(OC(=O)OC(CCc2ccccc2)CC[C@@H]2[C@@H](C/C=C\CCCC(=O)OC(C)C)[C@@H](O)C[C@H]2O)cc1. The van der Waals surface area contributed by atoms with Gasteiger partial charge in [0.1, 0.15) is 11.9 Å². The fourth-order valence-electron chi connectivity index (χ4n) is 6.29. The Kier molecular flexibility index (Phi) is 17.9. The molecule has 2 aromatic carbocycles. The molecule has 0 aliphatic heterocycles. The molecule has 0 amide bonds. The molecule has 0 heterocycles. The Hall–Kier alpha value is -4.57. The van der Waals surface area contributed by atoms with Crippen LogP contribution >= 0.6 is 0 Å². The first-order valence-corrected chi connectivity index (χ1v) is 17.9. The van der Waals surface area contributed by atoms with Crippen molar-refractivity contribution in [1.82, 2.24) is 0 Å². The van der Waals surface area contributed by atoms with Gasteiger partial charge in [0.2, 0.25) is 0 Å². The number of rotatable bonds is 20. The summed E-state index contributed by atoms with van der Waals surface area (Å²) in [5, 5.41) is 21.6. The van der Waals surface area contributed by atoms with E-state index in [9.17, 15) is 24.6 Å². The number of hydrogen-bond acceptors (Lipinski definition) is 9. The van der Waals surface area contributed by atoms with Gasteiger partial charge in [0.05, 0.1) is 30.5 Å². The molecule has 2 aromatic rings. The van der Waals surface area contributed by atoms with Crippen LogP contribution in [0.5, 0.6) is 5.75 Å². The topological polar surface area (TPSA) is 129 Å². The lowest BCUT2D eigenvalue weighted by molar-refractivity contribution is -0.147. The van der Waals surface area contributed by atoms with Crippen LogP contribution in [0.3, 0.4) is 0 Å². The van der Waals surface area contributed by atoms with Crippen LogP contribution < -0.4 is 4.74 Å². The largest absolute Gasteiger partial charge is 0.514 e. The van der Waals surface area contributed by atoms with Crippen molar-refractivity contribution in [2.75, 3.05) is 6.61 Å². The standard InChI is InChI=1S/C42H52O9/c1-5-14-32(15-6-2)29-48-41(46)33-21-24-35(25-22-33)51-42(47)50-34(23-20-31-16-10-9-11-17-31)26-27-37-36(38(43)28-39(37)44)18-12-7-8-13-19-40(45)49-30(3)4/h1-2,7,9-12,16-17,21-22,24-25,30,32,34,36-39,43-44H,8,13-15,18-20,23,26-29H2,3-4H3/b12-7-/t34?,36-,37-,38+,39-/m1/s1. The summed E-state index contributed by atoms with van der Waals surface area (Å²) < 4.78 is 21.8. The van der Waals surface area contributed by atoms with Gasteiger partial charge in [-0.05, 0) is 107 Å². The maximum atomic E-state index is 13.0. The number of ether oxygens (including phenoxy) is 4. The van der Waals surface area contributed by atoms with Crippen LogP contribution in [0.2, 0.25) is 0 Å². The molecule has 1 aliphatic rings. The average Bonchev–Trinajstić information content (AvgIpc) is 3.37. The Morgan fingerprint density at radius 1 is 0.902 bits per heavy atom. The Bertz CT molecular complexity index is 1450. The number of terminal acetylenes is 2. The molecule has 0 saturated heterocycles. The van der Waals surface area contributed by atoms with Gasteiger partial charge in [0.15, 0.2) is 0 Å². The zero-order valence-electron chi connectivity index (χ0n) is 29.8. The number of allylic oxidation sites excluding steroid dienone is 2. The van der Waals surface area contributed by atoms with E-state index in [0.29, 0.717) is 70.6 Å². The van der Waals surface area contributed by atoms with Crippen LogP contribution in [0, 0.1) is 42.4 Å². The quantitative estimate of drug-likeness (QED) is 0.0367. The first-order chi connectivity index (χ1) is 24.6. The monoisotopic (exact) mass is 700 g/mol. The summed E-state index contributed by atoms with van der Waals surface area (Å²) >= 11 is 0. The molecule has 1 aliphatic carbocycles. The van der Waals surface area contributed by atoms with Crippen molar-refractivity contribution < 1.29 is 43.5 Å². The van der Waals surface area contributed by atoms with E-state index in [0.717, 1.165) is 5.56 Å². The molecule has 274 valence electrons. The minimum absolute atomic E-state index is 0.106. The van der Waals surface area contributed by atoms with Gasteiger partial charge in [-0.3, -0.25) is 4.79 Å². The summed E-state index contributed by atoms with van der Waals surface area (Å²) in [7, 11) is 0. The Morgan fingerprint density at radius 3 is 2.25 bits per heavy atom. The number of aliphatic hydroxyl groups excluding tert-OH is 2. The van der Waals surface area contributed by atoms with E-state index in [-0.39, 0.29) is 47.7 Å². The molecule has 0 radical (unpaired) electrons. The van der Waals surface area contributed by atoms with Gasteiger partial charge < -0.3 is 29.2 Å². The normalized spacial score (nSPS) is 19.0. The van der Waals surface area contributed by atoms with Crippen molar-refractivity contribution >= 4 is 18.1 Å². The summed E-state index contributed by atoms with van der Waals surface area (Å²) in [6.45, 7) is 3.75. The lowest BCUT2D eigenvalue weighted by atomic mass is 9.85. The van der Waals surface area contributed by atoms with Crippen molar-refractivity contribution in [3.8, 4) is 30.4 Å². The molecule has 9 heteroatoms. The molecule has 2 N–H and O–H groups in total. The van der Waals surface area contributed by atoms with Crippen molar-refractivity contribution in [2.24, 2.45) is 17.8 Å². The van der Waals surface area contributed by atoms with E-state index in [1.165, 1.54) is 24.3 Å². The van der Waals surface area contributed by atoms with Crippen LogP contribution in [0.15, 0.2) is 66.7 Å². The third kappa shape index (κ3) is 15.1. The predicted octanol–water partition coefficient (Wildman–Crippen LogP) is 7.23. The van der Waals surface area contributed by atoms with Gasteiger partial charge in [0, 0.05) is 25.2 Å². The van der Waals surface area contributed by atoms with Gasteiger partial charge in [-0.25, -0.2) is 9.59 Å². The first-order valence-electron chi connectivity index (χ1n) is 17.9. The second kappa shape index (κ2) is 22.3. The van der Waals surface area contributed by atoms with Crippen molar-refractivity contribution in [1.29, 1.82) is 0 Å². The Labute approximate surface area is 302 Å². The Balaban J connectivity index is 1.56. The van der Waals surface area contributed by atoms with Crippen LogP contribution in [0.25, 0.3) is 0 Å². The molecule has 1 fully saturated rings.